The highest BCUT2D eigenvalue weighted by molar-refractivity contribution is 5.69. The molecule has 0 heterocycles. The van der Waals surface area contributed by atoms with Crippen LogP contribution in [0.4, 0.5) is 0 Å². The molecule has 1 fully saturated rings. The van der Waals surface area contributed by atoms with Crippen molar-refractivity contribution in [2.24, 2.45) is 17.3 Å². The van der Waals surface area contributed by atoms with Gasteiger partial charge in [0.15, 0.2) is 0 Å². The number of nitrogens with zero attached hydrogens (tertiary/aromatic N) is 1. The van der Waals surface area contributed by atoms with Gasteiger partial charge < -0.3 is 5.11 Å². The van der Waals surface area contributed by atoms with Crippen molar-refractivity contribution in [1.29, 1.82) is 0 Å². The van der Waals surface area contributed by atoms with E-state index in [2.05, 4.69) is 25.7 Å². The molecule has 0 amide bonds. The smallest absolute Gasteiger partial charge is 0.317 e. The minimum atomic E-state index is -0.708. The van der Waals surface area contributed by atoms with E-state index >= 15 is 0 Å². The molecule has 0 radical (unpaired) electrons. The fourth-order valence-electron chi connectivity index (χ4n) is 3.07. The lowest BCUT2D eigenvalue weighted by Crippen LogP contribution is -2.36. The molecule has 0 aromatic carbocycles. The van der Waals surface area contributed by atoms with Crippen LogP contribution in [0.2, 0.25) is 0 Å². The molecule has 106 valence electrons. The summed E-state index contributed by atoms with van der Waals surface area (Å²) >= 11 is 0. The molecule has 3 heteroatoms. The SMILES string of the molecule is CCN(CC(=O)O)CC1CCC(C(C)(C)C)CC1. The Morgan fingerprint density at radius 2 is 1.78 bits per heavy atom. The molecule has 0 aromatic rings. The fraction of sp³-hybridized carbons (Fsp3) is 0.933. The number of aliphatic carboxylic acids is 1. The standard InChI is InChI=1S/C15H29NO2/c1-5-16(11-14(17)18)10-12-6-8-13(9-7-12)15(2,3)4/h12-13H,5-11H2,1-4H3,(H,17,18). The van der Waals surface area contributed by atoms with Crippen LogP contribution < -0.4 is 0 Å². The van der Waals surface area contributed by atoms with Gasteiger partial charge >= 0.3 is 5.97 Å². The van der Waals surface area contributed by atoms with Gasteiger partial charge in [-0.05, 0) is 49.5 Å². The molecule has 0 saturated heterocycles. The van der Waals surface area contributed by atoms with Gasteiger partial charge in [-0.2, -0.15) is 0 Å². The third kappa shape index (κ3) is 4.97. The van der Waals surface area contributed by atoms with Crippen LogP contribution in [-0.4, -0.2) is 35.6 Å². The van der Waals surface area contributed by atoms with Crippen molar-refractivity contribution in [1.82, 2.24) is 4.90 Å². The molecule has 1 aliphatic rings. The third-order valence-corrected chi connectivity index (χ3v) is 4.39. The zero-order chi connectivity index (χ0) is 13.8. The van der Waals surface area contributed by atoms with Crippen molar-refractivity contribution in [2.75, 3.05) is 19.6 Å². The molecule has 1 rings (SSSR count). The molecule has 0 aliphatic heterocycles. The number of carboxylic acid groups (broad SMARTS) is 1. The summed E-state index contributed by atoms with van der Waals surface area (Å²) in [5, 5.41) is 8.85. The topological polar surface area (TPSA) is 40.5 Å². The van der Waals surface area contributed by atoms with E-state index in [9.17, 15) is 4.79 Å². The summed E-state index contributed by atoms with van der Waals surface area (Å²) in [6.07, 6.45) is 5.13. The molecule has 0 bridgehead atoms. The highest BCUT2D eigenvalue weighted by Crippen LogP contribution is 2.39. The van der Waals surface area contributed by atoms with Gasteiger partial charge in [0.2, 0.25) is 0 Å². The van der Waals surface area contributed by atoms with E-state index < -0.39 is 5.97 Å². The van der Waals surface area contributed by atoms with Crippen LogP contribution in [0.15, 0.2) is 0 Å². The monoisotopic (exact) mass is 255 g/mol. The van der Waals surface area contributed by atoms with Gasteiger partial charge in [-0.1, -0.05) is 27.7 Å². The molecule has 0 unspecified atom stereocenters. The second kappa shape index (κ2) is 6.55. The summed E-state index contributed by atoms with van der Waals surface area (Å²) in [7, 11) is 0. The Hall–Kier alpha value is -0.570. The van der Waals surface area contributed by atoms with Crippen LogP contribution in [0.1, 0.15) is 53.4 Å². The van der Waals surface area contributed by atoms with Gasteiger partial charge in [-0.25, -0.2) is 0 Å². The molecular formula is C15H29NO2. The second-order valence-electron chi connectivity index (χ2n) is 6.81. The van der Waals surface area contributed by atoms with Gasteiger partial charge in [0.1, 0.15) is 0 Å². The lowest BCUT2D eigenvalue weighted by Gasteiger charge is -2.38. The summed E-state index contributed by atoms with van der Waals surface area (Å²) in [6.45, 7) is 11.0. The minimum Gasteiger partial charge on any atom is -0.480 e. The minimum absolute atomic E-state index is 0.190. The van der Waals surface area contributed by atoms with Gasteiger partial charge in [0.05, 0.1) is 6.54 Å². The molecule has 0 spiro atoms. The number of hydrogen-bond acceptors (Lipinski definition) is 2. The fourth-order valence-corrected chi connectivity index (χ4v) is 3.07. The Morgan fingerprint density at radius 3 is 2.17 bits per heavy atom. The maximum absolute atomic E-state index is 10.8. The predicted octanol–water partition coefficient (Wildman–Crippen LogP) is 3.25. The van der Waals surface area contributed by atoms with Gasteiger partial charge in [-0.3, -0.25) is 9.69 Å². The lowest BCUT2D eigenvalue weighted by molar-refractivity contribution is -0.138. The first-order chi connectivity index (χ1) is 8.32. The lowest BCUT2D eigenvalue weighted by atomic mass is 9.70. The van der Waals surface area contributed by atoms with Crippen LogP contribution in [0.5, 0.6) is 0 Å². The normalized spacial score (nSPS) is 25.4. The Balaban J connectivity index is 2.36. The summed E-state index contributed by atoms with van der Waals surface area (Å²) in [5.41, 5.74) is 0.427. The highest BCUT2D eigenvalue weighted by atomic mass is 16.4. The Morgan fingerprint density at radius 1 is 1.22 bits per heavy atom. The van der Waals surface area contributed by atoms with Crippen LogP contribution in [0.25, 0.3) is 0 Å². The molecule has 0 atom stereocenters. The van der Waals surface area contributed by atoms with Crippen LogP contribution in [0, 0.1) is 17.3 Å². The van der Waals surface area contributed by atoms with Crippen molar-refractivity contribution in [3.8, 4) is 0 Å². The average Bonchev–Trinajstić information content (AvgIpc) is 2.27. The second-order valence-corrected chi connectivity index (χ2v) is 6.81. The Bertz CT molecular complexity index is 262. The zero-order valence-electron chi connectivity index (χ0n) is 12.4. The number of hydrogen-bond donors (Lipinski definition) is 1. The molecule has 18 heavy (non-hydrogen) atoms. The van der Waals surface area contributed by atoms with Crippen molar-refractivity contribution < 1.29 is 9.90 Å². The van der Waals surface area contributed by atoms with E-state index in [1.807, 2.05) is 6.92 Å². The van der Waals surface area contributed by atoms with Gasteiger partial charge in [-0.15, -0.1) is 0 Å². The molecule has 0 aromatic heterocycles. The molecular weight excluding hydrogens is 226 g/mol. The number of carbonyl (C=O) groups is 1. The maximum Gasteiger partial charge on any atom is 0.317 e. The van der Waals surface area contributed by atoms with Crippen LogP contribution in [0.3, 0.4) is 0 Å². The van der Waals surface area contributed by atoms with Crippen molar-refractivity contribution >= 4 is 5.97 Å². The number of likely N-dealkylation sites (N-methyl/N-ethyl adjacent to an activating group) is 1. The van der Waals surface area contributed by atoms with Crippen molar-refractivity contribution in [3.63, 3.8) is 0 Å². The van der Waals surface area contributed by atoms with E-state index in [1.54, 1.807) is 0 Å². The van der Waals surface area contributed by atoms with Crippen LogP contribution >= 0.6 is 0 Å². The maximum atomic E-state index is 10.8. The molecule has 3 nitrogen and oxygen atoms in total. The number of carboxylic acids is 1. The number of rotatable bonds is 5. The van der Waals surface area contributed by atoms with E-state index in [4.69, 9.17) is 5.11 Å². The van der Waals surface area contributed by atoms with E-state index in [0.29, 0.717) is 11.3 Å². The van der Waals surface area contributed by atoms with Crippen LogP contribution in [-0.2, 0) is 4.79 Å². The predicted molar refractivity (Wildman–Crippen MR) is 74.7 cm³/mol. The first-order valence-corrected chi connectivity index (χ1v) is 7.27. The first kappa shape index (κ1) is 15.5. The zero-order valence-corrected chi connectivity index (χ0v) is 12.4. The molecule has 1 saturated carbocycles. The van der Waals surface area contributed by atoms with Gasteiger partial charge in [0, 0.05) is 6.54 Å². The Labute approximate surface area is 112 Å². The average molecular weight is 255 g/mol. The van der Waals surface area contributed by atoms with E-state index in [0.717, 1.165) is 19.0 Å². The summed E-state index contributed by atoms with van der Waals surface area (Å²) in [5.74, 6) is 0.825. The summed E-state index contributed by atoms with van der Waals surface area (Å²) < 4.78 is 0. The van der Waals surface area contributed by atoms with Crippen molar-refractivity contribution in [3.05, 3.63) is 0 Å². The third-order valence-electron chi connectivity index (χ3n) is 4.39. The molecule has 1 aliphatic carbocycles. The van der Waals surface area contributed by atoms with Crippen molar-refractivity contribution in [2.45, 2.75) is 53.4 Å². The first-order valence-electron chi connectivity index (χ1n) is 7.27. The summed E-state index contributed by atoms with van der Waals surface area (Å²) in [6, 6.07) is 0. The largest absolute Gasteiger partial charge is 0.480 e. The van der Waals surface area contributed by atoms with E-state index in [-0.39, 0.29) is 6.54 Å². The van der Waals surface area contributed by atoms with Gasteiger partial charge in [0.25, 0.3) is 0 Å². The molecule has 1 N–H and O–H groups in total. The van der Waals surface area contributed by atoms with E-state index in [1.165, 1.54) is 25.7 Å². The highest BCUT2D eigenvalue weighted by Gasteiger charge is 2.30. The summed E-state index contributed by atoms with van der Waals surface area (Å²) in [4.78, 5) is 12.8. The Kier molecular flexibility index (Phi) is 5.64. The quantitative estimate of drug-likeness (QED) is 0.820.